The summed E-state index contributed by atoms with van der Waals surface area (Å²) in [7, 11) is 0. The molecule has 2 N–H and O–H groups in total. The predicted molar refractivity (Wildman–Crippen MR) is 274 cm³/mol. The van der Waals surface area contributed by atoms with E-state index in [2.05, 4.69) is 63.1 Å². The van der Waals surface area contributed by atoms with Gasteiger partial charge in [-0.05, 0) is 159 Å². The smallest absolute Gasteiger partial charge is 0.238 e. The Morgan fingerprint density at radius 1 is 0.764 bits per heavy atom. The van der Waals surface area contributed by atoms with Crippen molar-refractivity contribution in [3.8, 4) is 17.0 Å². The van der Waals surface area contributed by atoms with Crippen LogP contribution in [0.4, 0.5) is 11.5 Å². The van der Waals surface area contributed by atoms with Crippen LogP contribution in [0.5, 0.6) is 5.75 Å². The molecule has 1 unspecified atom stereocenters. The molecule has 2 aromatic heterocycles. The number of nitrogens with one attached hydrogen (secondary N) is 2. The highest BCUT2D eigenvalue weighted by Crippen LogP contribution is 2.52. The van der Waals surface area contributed by atoms with Gasteiger partial charge in [0.2, 0.25) is 29.5 Å². The fourth-order valence-corrected chi connectivity index (χ4v) is 13.5. The number of rotatable bonds is 11. The molecule has 72 heavy (non-hydrogen) atoms. The van der Waals surface area contributed by atoms with Crippen LogP contribution in [0.15, 0.2) is 54.9 Å². The summed E-state index contributed by atoms with van der Waals surface area (Å²) in [4.78, 5) is 86.2. The first-order valence-electron chi connectivity index (χ1n) is 27.5. The number of benzene rings is 2. The minimum Gasteiger partial charge on any atom is -0.490 e. The van der Waals surface area contributed by atoms with Gasteiger partial charge in [-0.25, -0.2) is 9.97 Å². The molecule has 0 radical (unpaired) electrons. The average Bonchev–Trinajstić information content (AvgIpc) is 4.05. The number of imidazole rings is 1. The molecule has 2 aromatic carbocycles. The Labute approximate surface area is 422 Å². The fraction of sp³-hybridized carbons (Fsp3) is 0.596. The highest BCUT2D eigenvalue weighted by molar-refractivity contribution is 6.09. The molecule has 4 aromatic rings. The zero-order valence-electron chi connectivity index (χ0n) is 42.2. The molecule has 0 bridgehead atoms. The molecule has 3 saturated carbocycles. The monoisotopic (exact) mass is 978 g/mol. The van der Waals surface area contributed by atoms with Crippen molar-refractivity contribution in [2.24, 2.45) is 11.8 Å². The summed E-state index contributed by atoms with van der Waals surface area (Å²) in [5.41, 5.74) is 6.12. The molecule has 5 aliphatic heterocycles. The first-order chi connectivity index (χ1) is 35.0. The van der Waals surface area contributed by atoms with E-state index in [9.17, 15) is 19.2 Å². The van der Waals surface area contributed by atoms with Gasteiger partial charge in [0.25, 0.3) is 0 Å². The van der Waals surface area contributed by atoms with E-state index in [4.69, 9.17) is 14.7 Å². The minimum atomic E-state index is -0.671. The molecule has 3 aliphatic carbocycles. The summed E-state index contributed by atoms with van der Waals surface area (Å²) >= 11 is 0. The second-order valence-corrected chi connectivity index (χ2v) is 22.8. The molecule has 8 aliphatic rings. The SMILES string of the molecule is CC(C)n1cnc2cc(-c3ccc4c(c3)N(C3CC(N5CCCCC5)C3)C(=O)C43CCN(C(=O)C4CCN(C(=O)C5CCC(Oc6ccc(C7CCC(=O)NC7=O)cc6)CC5)CC4)CC3)nc(NC3CC3)c21. The van der Waals surface area contributed by atoms with Gasteiger partial charge in [0.05, 0.1) is 35.0 Å². The van der Waals surface area contributed by atoms with Crippen molar-refractivity contribution in [3.63, 3.8) is 0 Å². The molecule has 7 heterocycles. The number of ether oxygens (including phenoxy) is 1. The number of carbonyl (C=O) groups excluding carboxylic acids is 5. The number of aromatic nitrogens is 3. The maximum atomic E-state index is 15.2. The van der Waals surface area contributed by atoms with Crippen LogP contribution in [0.3, 0.4) is 0 Å². The molecule has 1 spiro atoms. The van der Waals surface area contributed by atoms with E-state index < -0.39 is 5.41 Å². The molecular weight excluding hydrogens is 907 g/mol. The van der Waals surface area contributed by atoms with Gasteiger partial charge in [0.15, 0.2) is 5.82 Å². The number of imide groups is 1. The number of piperidine rings is 4. The number of hydrogen-bond acceptors (Lipinski definition) is 10. The predicted octanol–water partition coefficient (Wildman–Crippen LogP) is 7.87. The van der Waals surface area contributed by atoms with Gasteiger partial charge < -0.3 is 34.2 Å². The number of amides is 5. The van der Waals surface area contributed by atoms with Crippen molar-refractivity contribution in [1.29, 1.82) is 0 Å². The number of carbonyl (C=O) groups is 5. The Bertz CT molecular complexity index is 2730. The molecule has 4 saturated heterocycles. The Kier molecular flexibility index (Phi) is 12.6. The van der Waals surface area contributed by atoms with E-state index in [1.165, 1.54) is 19.3 Å². The van der Waals surface area contributed by atoms with Crippen molar-refractivity contribution in [3.05, 3.63) is 66.0 Å². The van der Waals surface area contributed by atoms with Crippen LogP contribution in [0, 0.1) is 11.8 Å². The number of hydrogen-bond donors (Lipinski definition) is 2. The normalized spacial score (nSPS) is 27.0. The van der Waals surface area contributed by atoms with Crippen LogP contribution in [0.25, 0.3) is 22.3 Å². The molecule has 12 rings (SSSR count). The van der Waals surface area contributed by atoms with Gasteiger partial charge >= 0.3 is 0 Å². The average molecular weight is 978 g/mol. The molecule has 7 fully saturated rings. The zero-order valence-corrected chi connectivity index (χ0v) is 42.2. The number of fused-ring (bicyclic) bond motifs is 3. The standard InChI is InChI=1S/C57H71N9O6/c1-35(2)65-34-58-48-33-47(60-52(51(48)65)59-40-11-12-40)39-10-18-46-49(30-39)66(42-31-41(32-42)62-24-4-3-5-25-62)56(71)57(46)22-28-64(29-23-57)55(70)38-20-26-63(27-21-38)54(69)37-8-15-44(16-9-37)72-43-13-6-36(7-14-43)45-17-19-50(67)61-53(45)68/h6-7,10,13-14,18,30,33-35,37-38,40-42,44-45H,3-5,8-9,11-12,15-17,19-29,31-32H2,1-2H3,(H,59,60)(H,61,67,68). The first-order valence-corrected chi connectivity index (χ1v) is 27.5. The lowest BCUT2D eigenvalue weighted by molar-refractivity contribution is -0.145. The van der Waals surface area contributed by atoms with Gasteiger partial charge in [-0.3, -0.25) is 29.3 Å². The number of likely N-dealkylation sites (tertiary alicyclic amines) is 3. The van der Waals surface area contributed by atoms with E-state index in [1.54, 1.807) is 0 Å². The lowest BCUT2D eigenvalue weighted by Gasteiger charge is -2.48. The topological polar surface area (TPSA) is 162 Å². The molecule has 380 valence electrons. The van der Waals surface area contributed by atoms with Crippen molar-refractivity contribution in [1.82, 2.24) is 34.6 Å². The number of anilines is 2. The Balaban J connectivity index is 0.681. The summed E-state index contributed by atoms with van der Waals surface area (Å²) < 4.78 is 8.52. The van der Waals surface area contributed by atoms with Crippen molar-refractivity contribution < 1.29 is 28.7 Å². The Morgan fingerprint density at radius 2 is 1.46 bits per heavy atom. The van der Waals surface area contributed by atoms with Crippen molar-refractivity contribution >= 4 is 52.1 Å². The molecule has 1 atom stereocenters. The quantitative estimate of drug-likeness (QED) is 0.142. The first kappa shape index (κ1) is 47.2. The third-order valence-electron chi connectivity index (χ3n) is 18.0. The van der Waals surface area contributed by atoms with Crippen LogP contribution in [-0.4, -0.2) is 122 Å². The van der Waals surface area contributed by atoms with Crippen LogP contribution in [0.2, 0.25) is 0 Å². The fourth-order valence-electron chi connectivity index (χ4n) is 13.5. The third-order valence-corrected chi connectivity index (χ3v) is 18.0. The van der Waals surface area contributed by atoms with E-state index in [1.807, 2.05) is 40.4 Å². The third kappa shape index (κ3) is 8.84. The van der Waals surface area contributed by atoms with Gasteiger partial charge in [-0.2, -0.15) is 0 Å². The van der Waals surface area contributed by atoms with Crippen molar-refractivity contribution in [2.45, 2.75) is 165 Å². The van der Waals surface area contributed by atoms with Crippen LogP contribution in [0.1, 0.15) is 146 Å². The summed E-state index contributed by atoms with van der Waals surface area (Å²) in [6.07, 6.45) is 16.5. The lowest BCUT2D eigenvalue weighted by Crippen LogP contribution is -2.58. The molecular formula is C57H71N9O6. The minimum absolute atomic E-state index is 0.0214. The van der Waals surface area contributed by atoms with E-state index in [-0.39, 0.29) is 65.5 Å². The largest absolute Gasteiger partial charge is 0.490 e. The maximum absolute atomic E-state index is 15.2. The summed E-state index contributed by atoms with van der Waals surface area (Å²) in [6.45, 7) is 8.91. The highest BCUT2D eigenvalue weighted by atomic mass is 16.5. The van der Waals surface area contributed by atoms with E-state index in [0.717, 1.165) is 115 Å². The zero-order chi connectivity index (χ0) is 49.3. The lowest BCUT2D eigenvalue weighted by atomic mass is 9.73. The molecule has 5 amide bonds. The van der Waals surface area contributed by atoms with E-state index >= 15 is 4.79 Å². The van der Waals surface area contributed by atoms with Crippen LogP contribution in [-0.2, 0) is 29.4 Å². The summed E-state index contributed by atoms with van der Waals surface area (Å²) in [6, 6.07) is 17.6. The maximum Gasteiger partial charge on any atom is 0.238 e. The summed E-state index contributed by atoms with van der Waals surface area (Å²) in [5.74, 6) is 1.22. The Hall–Kier alpha value is -5.83. The summed E-state index contributed by atoms with van der Waals surface area (Å²) in [5, 5.41) is 6.14. The van der Waals surface area contributed by atoms with Crippen LogP contribution < -0.4 is 20.3 Å². The highest BCUT2D eigenvalue weighted by Gasteiger charge is 2.56. The number of nitrogens with zero attached hydrogens (tertiary/aromatic N) is 7. The number of pyridine rings is 1. The van der Waals surface area contributed by atoms with Crippen LogP contribution >= 0.6 is 0 Å². The van der Waals surface area contributed by atoms with Gasteiger partial charge in [-0.1, -0.05) is 30.7 Å². The molecule has 15 nitrogen and oxygen atoms in total. The van der Waals surface area contributed by atoms with Gasteiger partial charge in [-0.15, -0.1) is 0 Å². The Morgan fingerprint density at radius 3 is 2.14 bits per heavy atom. The van der Waals surface area contributed by atoms with E-state index in [0.29, 0.717) is 76.8 Å². The van der Waals surface area contributed by atoms with Crippen molar-refractivity contribution in [2.75, 3.05) is 49.5 Å². The second-order valence-electron chi connectivity index (χ2n) is 22.8. The molecule has 15 heteroatoms. The van der Waals surface area contributed by atoms with Gasteiger partial charge in [0, 0.05) is 79.9 Å². The van der Waals surface area contributed by atoms with Gasteiger partial charge in [0.1, 0.15) is 11.3 Å². The second kappa shape index (κ2) is 19.2.